The molecule has 0 heterocycles. The average molecular weight is 363 g/mol. The lowest BCUT2D eigenvalue weighted by molar-refractivity contribution is -0.159. The Morgan fingerprint density at radius 2 is 1.72 bits per heavy atom. The Morgan fingerprint density at radius 3 is 2.20 bits per heavy atom. The molecule has 1 rings (SSSR count). The maximum absolute atomic E-state index is 11.8. The molecule has 0 bridgehead atoms. The Labute approximate surface area is 149 Å². The Hall–Kier alpha value is -2.31. The lowest BCUT2D eigenvalue weighted by Gasteiger charge is -2.25. The van der Waals surface area contributed by atoms with Crippen LogP contribution >= 0.6 is 0 Å². The fourth-order valence-corrected chi connectivity index (χ4v) is 5.14. The predicted octanol–water partition coefficient (Wildman–Crippen LogP) is 3.02. The van der Waals surface area contributed by atoms with Crippen molar-refractivity contribution in [1.82, 2.24) is 0 Å². The minimum atomic E-state index is -1.71. The van der Waals surface area contributed by atoms with Crippen LogP contribution in [0.2, 0.25) is 19.1 Å². The number of ether oxygens (including phenoxy) is 2. The third kappa shape index (κ3) is 6.24. The zero-order valence-corrected chi connectivity index (χ0v) is 16.1. The topological polar surface area (TPSA) is 101 Å². The minimum absolute atomic E-state index is 0.0860. The highest BCUT2D eigenvalue weighted by Crippen LogP contribution is 2.22. The highest BCUT2D eigenvalue weighted by molar-refractivity contribution is 6.89. The molecule has 0 radical (unpaired) electrons. The number of rotatable bonds is 9. The van der Waals surface area contributed by atoms with Gasteiger partial charge < -0.3 is 9.47 Å². The lowest BCUT2D eigenvalue weighted by atomic mass is 9.99. The average Bonchev–Trinajstić information content (AvgIpc) is 2.63. The van der Waals surface area contributed by atoms with E-state index in [0.717, 1.165) is 6.04 Å². The molecule has 7 nitrogen and oxygen atoms in total. The van der Waals surface area contributed by atoms with E-state index in [9.17, 15) is 9.59 Å². The molecule has 0 aliphatic heterocycles. The Balaban J connectivity index is 2.84. The van der Waals surface area contributed by atoms with E-state index in [1.54, 1.807) is 0 Å². The van der Waals surface area contributed by atoms with Crippen LogP contribution in [0.25, 0.3) is 10.4 Å². The smallest absolute Gasteiger partial charge is 0.320 e. The van der Waals surface area contributed by atoms with Gasteiger partial charge in [0, 0.05) is 11.0 Å². The van der Waals surface area contributed by atoms with Crippen LogP contribution in [-0.4, -0.2) is 40.3 Å². The van der Waals surface area contributed by atoms with Crippen LogP contribution < -0.4 is 5.19 Å². The van der Waals surface area contributed by atoms with Crippen molar-refractivity contribution in [3.05, 3.63) is 40.8 Å². The summed E-state index contributed by atoms with van der Waals surface area (Å²) in [6.07, 6.45) is 0.686. The maximum atomic E-state index is 11.8. The first-order valence-electron chi connectivity index (χ1n) is 8.11. The molecule has 1 unspecified atom stereocenters. The summed E-state index contributed by atoms with van der Waals surface area (Å²) in [6.45, 7) is 4.49. The lowest BCUT2D eigenvalue weighted by Crippen LogP contribution is -2.41. The van der Waals surface area contributed by atoms with Crippen molar-refractivity contribution in [2.45, 2.75) is 38.0 Å². The van der Waals surface area contributed by atoms with E-state index >= 15 is 0 Å². The number of hydrogen-bond acceptors (Lipinski definition) is 5. The summed E-state index contributed by atoms with van der Waals surface area (Å²) < 4.78 is 9.33. The summed E-state index contributed by atoms with van der Waals surface area (Å²) in [5.41, 5.74) is 8.82. The van der Waals surface area contributed by atoms with Gasteiger partial charge in [-0.1, -0.05) is 59.8 Å². The first kappa shape index (κ1) is 20.7. The molecule has 0 aliphatic carbocycles. The third-order valence-corrected chi connectivity index (χ3v) is 7.79. The number of hydrogen-bond donors (Lipinski definition) is 0. The van der Waals surface area contributed by atoms with Crippen molar-refractivity contribution in [2.24, 2.45) is 11.0 Å². The number of esters is 2. The molecule has 0 fully saturated rings. The van der Waals surface area contributed by atoms with E-state index in [1.165, 1.54) is 19.4 Å². The molecule has 0 saturated carbocycles. The van der Waals surface area contributed by atoms with Gasteiger partial charge in [0.05, 0.1) is 22.3 Å². The summed E-state index contributed by atoms with van der Waals surface area (Å²) in [5, 5.41) is 5.09. The van der Waals surface area contributed by atoms with Gasteiger partial charge in [-0.2, -0.15) is 0 Å². The fourth-order valence-electron chi connectivity index (χ4n) is 2.70. The number of carbonyl (C=O) groups is 2. The van der Waals surface area contributed by atoms with Crippen LogP contribution in [0.4, 0.5) is 0 Å². The molecule has 0 aromatic heterocycles. The SMILES string of the molecule is COC(=O)C(CC(CC[Si](C)(C)c1ccccc1)N=[N+]=[N-])C(=O)OC. The van der Waals surface area contributed by atoms with Gasteiger partial charge in [-0.05, 0) is 18.4 Å². The molecule has 136 valence electrons. The van der Waals surface area contributed by atoms with Crippen LogP contribution in [-0.2, 0) is 19.1 Å². The number of azide groups is 1. The van der Waals surface area contributed by atoms with E-state index in [4.69, 9.17) is 5.53 Å². The molecule has 0 saturated heterocycles. The van der Waals surface area contributed by atoms with Gasteiger partial charge in [0.1, 0.15) is 0 Å². The molecular formula is C17H25N3O4Si. The number of nitrogens with zero attached hydrogens (tertiary/aromatic N) is 3. The van der Waals surface area contributed by atoms with Crippen molar-refractivity contribution >= 4 is 25.2 Å². The summed E-state index contributed by atoms with van der Waals surface area (Å²) in [4.78, 5) is 26.5. The van der Waals surface area contributed by atoms with Crippen LogP contribution in [0.5, 0.6) is 0 Å². The Kier molecular flexibility index (Phi) is 8.17. The van der Waals surface area contributed by atoms with Gasteiger partial charge in [-0.15, -0.1) is 0 Å². The second-order valence-electron chi connectivity index (χ2n) is 6.48. The van der Waals surface area contributed by atoms with Crippen LogP contribution in [0, 0.1) is 5.92 Å². The molecule has 1 aromatic rings. The fraction of sp³-hybridized carbons (Fsp3) is 0.529. The second-order valence-corrected chi connectivity index (χ2v) is 11.3. The standard InChI is InChI=1S/C17H25N3O4Si/c1-23-16(21)15(17(22)24-2)12-13(19-20-18)10-11-25(3,4)14-8-6-5-7-9-14/h5-9,13,15H,10-12H2,1-4H3. The zero-order chi connectivity index (χ0) is 18.9. The number of methoxy groups -OCH3 is 2. The Morgan fingerprint density at radius 1 is 1.16 bits per heavy atom. The van der Waals surface area contributed by atoms with Crippen LogP contribution in [0.3, 0.4) is 0 Å². The Bertz CT molecular complexity index is 614. The van der Waals surface area contributed by atoms with E-state index in [0.29, 0.717) is 6.42 Å². The van der Waals surface area contributed by atoms with Crippen molar-refractivity contribution in [3.8, 4) is 0 Å². The van der Waals surface area contributed by atoms with E-state index in [2.05, 4.69) is 44.7 Å². The van der Waals surface area contributed by atoms with E-state index in [-0.39, 0.29) is 6.42 Å². The normalized spacial score (nSPS) is 12.2. The summed E-state index contributed by atoms with van der Waals surface area (Å²) in [7, 11) is 0.720. The zero-order valence-electron chi connectivity index (χ0n) is 15.1. The summed E-state index contributed by atoms with van der Waals surface area (Å²) >= 11 is 0. The molecule has 25 heavy (non-hydrogen) atoms. The van der Waals surface area contributed by atoms with Crippen LogP contribution in [0.1, 0.15) is 12.8 Å². The molecular weight excluding hydrogens is 338 g/mol. The number of carbonyl (C=O) groups excluding carboxylic acids is 2. The molecule has 1 aromatic carbocycles. The molecule has 0 N–H and O–H groups in total. The molecule has 1 atom stereocenters. The van der Waals surface area contributed by atoms with Crippen LogP contribution in [0.15, 0.2) is 35.4 Å². The van der Waals surface area contributed by atoms with Gasteiger partial charge in [0.15, 0.2) is 5.92 Å². The minimum Gasteiger partial charge on any atom is -0.468 e. The quantitative estimate of drug-likeness (QED) is 0.168. The molecule has 0 amide bonds. The highest BCUT2D eigenvalue weighted by Gasteiger charge is 2.32. The molecule has 0 aliphatic rings. The monoisotopic (exact) mass is 363 g/mol. The first-order valence-corrected chi connectivity index (χ1v) is 11.3. The number of benzene rings is 1. The van der Waals surface area contributed by atoms with Gasteiger partial charge in [0.25, 0.3) is 0 Å². The molecule has 8 heteroatoms. The second kappa shape index (κ2) is 9.86. The van der Waals surface area contributed by atoms with Crippen molar-refractivity contribution in [3.63, 3.8) is 0 Å². The van der Waals surface area contributed by atoms with Gasteiger partial charge in [-0.25, -0.2) is 0 Å². The van der Waals surface area contributed by atoms with Gasteiger partial charge in [0.2, 0.25) is 0 Å². The van der Waals surface area contributed by atoms with Gasteiger partial charge in [-0.3, -0.25) is 9.59 Å². The maximum Gasteiger partial charge on any atom is 0.320 e. The largest absolute Gasteiger partial charge is 0.468 e. The van der Waals surface area contributed by atoms with Gasteiger partial charge >= 0.3 is 11.9 Å². The van der Waals surface area contributed by atoms with Crippen molar-refractivity contribution < 1.29 is 19.1 Å². The summed E-state index contributed by atoms with van der Waals surface area (Å²) in [6, 6.07) is 10.6. The predicted molar refractivity (Wildman–Crippen MR) is 98.1 cm³/mol. The van der Waals surface area contributed by atoms with E-state index in [1.807, 2.05) is 18.2 Å². The van der Waals surface area contributed by atoms with Crippen molar-refractivity contribution in [1.29, 1.82) is 0 Å². The summed E-state index contributed by atoms with van der Waals surface area (Å²) in [5.74, 6) is -2.43. The first-order chi connectivity index (χ1) is 11.9. The third-order valence-electron chi connectivity index (χ3n) is 4.35. The van der Waals surface area contributed by atoms with Crippen molar-refractivity contribution in [2.75, 3.05) is 14.2 Å². The molecule has 0 spiro atoms. The van der Waals surface area contributed by atoms with E-state index < -0.39 is 32.0 Å². The highest BCUT2D eigenvalue weighted by atomic mass is 28.3.